The first-order valence-corrected chi connectivity index (χ1v) is 23.8. The average molecular weight is 775 g/mol. The normalized spacial score (nSPS) is 12.1. The molecule has 1 atom stereocenters. The zero-order chi connectivity index (χ0) is 40.1. The number of hydrogen-bond acceptors (Lipinski definition) is 6. The summed E-state index contributed by atoms with van der Waals surface area (Å²) in [6.07, 6.45) is 48.8. The standard InChI is InChI=1S/C49H90O6/c1-4-7-10-13-16-19-21-23-25-27-30-33-36-39-42-48(51)54-45-46(44-53-47(50)41-38-35-32-29-18-15-12-9-6-3)55-49(52)43-40-37-34-31-28-26-24-22-20-17-14-11-8-5-2/h25-28,46H,4-24,29-45H2,1-3H3/b27-25-,28-26-. The van der Waals surface area contributed by atoms with E-state index < -0.39 is 6.10 Å². The van der Waals surface area contributed by atoms with Gasteiger partial charge >= 0.3 is 17.9 Å². The molecule has 6 heteroatoms. The zero-order valence-electron chi connectivity index (χ0n) is 36.7. The predicted molar refractivity (Wildman–Crippen MR) is 233 cm³/mol. The molecule has 0 rings (SSSR count). The van der Waals surface area contributed by atoms with Crippen LogP contribution in [0.15, 0.2) is 24.3 Å². The first-order valence-electron chi connectivity index (χ1n) is 23.8. The van der Waals surface area contributed by atoms with Gasteiger partial charge in [-0.3, -0.25) is 14.4 Å². The molecule has 0 radical (unpaired) electrons. The van der Waals surface area contributed by atoms with E-state index >= 15 is 0 Å². The van der Waals surface area contributed by atoms with E-state index in [2.05, 4.69) is 45.1 Å². The maximum absolute atomic E-state index is 12.7. The van der Waals surface area contributed by atoms with Crippen molar-refractivity contribution in [3.05, 3.63) is 24.3 Å². The molecule has 55 heavy (non-hydrogen) atoms. The van der Waals surface area contributed by atoms with Crippen LogP contribution >= 0.6 is 0 Å². The first-order chi connectivity index (χ1) is 27.0. The second-order valence-corrected chi connectivity index (χ2v) is 16.0. The summed E-state index contributed by atoms with van der Waals surface area (Å²) in [6, 6.07) is 0. The Morgan fingerprint density at radius 1 is 0.345 bits per heavy atom. The highest BCUT2D eigenvalue weighted by Gasteiger charge is 2.19. The summed E-state index contributed by atoms with van der Waals surface area (Å²) < 4.78 is 16.7. The van der Waals surface area contributed by atoms with Crippen LogP contribution in [0.25, 0.3) is 0 Å². The molecular weight excluding hydrogens is 685 g/mol. The van der Waals surface area contributed by atoms with Crippen LogP contribution in [0.4, 0.5) is 0 Å². The van der Waals surface area contributed by atoms with Gasteiger partial charge in [-0.15, -0.1) is 0 Å². The third-order valence-electron chi connectivity index (χ3n) is 10.4. The fraction of sp³-hybridized carbons (Fsp3) is 0.857. The van der Waals surface area contributed by atoms with Gasteiger partial charge in [0.1, 0.15) is 13.2 Å². The quantitative estimate of drug-likeness (QED) is 0.0266. The molecule has 0 saturated heterocycles. The van der Waals surface area contributed by atoms with Gasteiger partial charge in [0.15, 0.2) is 6.10 Å². The molecule has 0 aliphatic carbocycles. The summed E-state index contributed by atoms with van der Waals surface area (Å²) in [5.74, 6) is -0.908. The lowest BCUT2D eigenvalue weighted by Gasteiger charge is -2.18. The Hall–Kier alpha value is -2.11. The van der Waals surface area contributed by atoms with Crippen LogP contribution in [0, 0.1) is 0 Å². The lowest BCUT2D eigenvalue weighted by atomic mass is 10.1. The van der Waals surface area contributed by atoms with Crippen LogP contribution in [0.2, 0.25) is 0 Å². The molecule has 0 spiro atoms. The first kappa shape index (κ1) is 52.9. The van der Waals surface area contributed by atoms with Gasteiger partial charge in [-0.2, -0.15) is 0 Å². The lowest BCUT2D eigenvalue weighted by molar-refractivity contribution is -0.167. The summed E-state index contributed by atoms with van der Waals surface area (Å²) in [5.41, 5.74) is 0. The molecule has 0 aliphatic heterocycles. The minimum Gasteiger partial charge on any atom is -0.462 e. The van der Waals surface area contributed by atoms with Gasteiger partial charge in [-0.25, -0.2) is 0 Å². The van der Waals surface area contributed by atoms with Gasteiger partial charge < -0.3 is 14.2 Å². The fourth-order valence-corrected chi connectivity index (χ4v) is 6.78. The Bertz CT molecular complexity index is 896. The lowest BCUT2D eigenvalue weighted by Crippen LogP contribution is -2.30. The molecule has 1 unspecified atom stereocenters. The van der Waals surface area contributed by atoms with E-state index in [1.165, 1.54) is 128 Å². The van der Waals surface area contributed by atoms with Gasteiger partial charge in [0, 0.05) is 19.3 Å². The SMILES string of the molecule is CCCCCCCCC/C=C\CCCCCC(=O)OCC(COC(=O)CCCCCCCCCCC)OC(=O)CCCCC/C=C\CCCCCCCCC. The van der Waals surface area contributed by atoms with E-state index in [-0.39, 0.29) is 31.1 Å². The number of carbonyl (C=O) groups excluding carboxylic acids is 3. The van der Waals surface area contributed by atoms with E-state index in [0.717, 1.165) is 83.5 Å². The minimum absolute atomic E-state index is 0.0794. The van der Waals surface area contributed by atoms with E-state index in [1.807, 2.05) is 0 Å². The number of hydrogen-bond donors (Lipinski definition) is 0. The molecule has 322 valence electrons. The molecule has 0 aromatic rings. The van der Waals surface area contributed by atoms with Gasteiger partial charge in [0.2, 0.25) is 0 Å². The smallest absolute Gasteiger partial charge is 0.306 e. The zero-order valence-corrected chi connectivity index (χ0v) is 36.7. The molecule has 0 aromatic heterocycles. The Labute approximate surface area is 341 Å². The highest BCUT2D eigenvalue weighted by Crippen LogP contribution is 2.14. The highest BCUT2D eigenvalue weighted by atomic mass is 16.6. The maximum atomic E-state index is 12.7. The molecular formula is C49H90O6. The molecule has 0 aromatic carbocycles. The van der Waals surface area contributed by atoms with Gasteiger partial charge in [-0.1, -0.05) is 186 Å². The Morgan fingerprint density at radius 2 is 0.600 bits per heavy atom. The van der Waals surface area contributed by atoms with Crippen molar-refractivity contribution in [2.24, 2.45) is 0 Å². The predicted octanol–water partition coefficient (Wildman–Crippen LogP) is 15.2. The molecule has 0 amide bonds. The van der Waals surface area contributed by atoms with Gasteiger partial charge in [0.25, 0.3) is 0 Å². The monoisotopic (exact) mass is 775 g/mol. The molecule has 6 nitrogen and oxygen atoms in total. The second kappa shape index (κ2) is 44.6. The molecule has 0 aliphatic rings. The molecule has 0 fully saturated rings. The van der Waals surface area contributed by atoms with E-state index in [1.54, 1.807) is 0 Å². The van der Waals surface area contributed by atoms with Crippen LogP contribution in [0.5, 0.6) is 0 Å². The van der Waals surface area contributed by atoms with Crippen molar-refractivity contribution >= 4 is 17.9 Å². The highest BCUT2D eigenvalue weighted by molar-refractivity contribution is 5.71. The van der Waals surface area contributed by atoms with Crippen LogP contribution in [0.3, 0.4) is 0 Å². The average Bonchev–Trinajstić information content (AvgIpc) is 3.18. The van der Waals surface area contributed by atoms with Crippen molar-refractivity contribution < 1.29 is 28.6 Å². The van der Waals surface area contributed by atoms with Crippen LogP contribution in [-0.4, -0.2) is 37.2 Å². The maximum Gasteiger partial charge on any atom is 0.306 e. The molecule has 0 saturated carbocycles. The third-order valence-corrected chi connectivity index (χ3v) is 10.4. The number of allylic oxidation sites excluding steroid dienone is 4. The number of rotatable bonds is 43. The van der Waals surface area contributed by atoms with Crippen LogP contribution in [-0.2, 0) is 28.6 Å². The van der Waals surface area contributed by atoms with E-state index in [0.29, 0.717) is 19.3 Å². The van der Waals surface area contributed by atoms with Crippen molar-refractivity contribution in [1.82, 2.24) is 0 Å². The largest absolute Gasteiger partial charge is 0.462 e. The number of esters is 3. The third kappa shape index (κ3) is 42.9. The minimum atomic E-state index is -0.778. The number of carbonyl (C=O) groups is 3. The topological polar surface area (TPSA) is 78.9 Å². The van der Waals surface area contributed by atoms with Crippen LogP contribution < -0.4 is 0 Å². The summed E-state index contributed by atoms with van der Waals surface area (Å²) in [4.78, 5) is 37.7. The number of ether oxygens (including phenoxy) is 3. The molecule has 0 bridgehead atoms. The Morgan fingerprint density at radius 3 is 0.927 bits per heavy atom. The Kier molecular flexibility index (Phi) is 42.9. The summed E-state index contributed by atoms with van der Waals surface area (Å²) in [7, 11) is 0. The van der Waals surface area contributed by atoms with E-state index in [9.17, 15) is 14.4 Å². The van der Waals surface area contributed by atoms with E-state index in [4.69, 9.17) is 14.2 Å². The second-order valence-electron chi connectivity index (χ2n) is 16.0. The van der Waals surface area contributed by atoms with Crippen molar-refractivity contribution in [3.63, 3.8) is 0 Å². The fourth-order valence-electron chi connectivity index (χ4n) is 6.78. The van der Waals surface area contributed by atoms with Crippen molar-refractivity contribution in [2.75, 3.05) is 13.2 Å². The number of unbranched alkanes of at least 4 members (excludes halogenated alkanes) is 28. The van der Waals surface area contributed by atoms with Gasteiger partial charge in [0.05, 0.1) is 0 Å². The molecule has 0 heterocycles. The van der Waals surface area contributed by atoms with Crippen molar-refractivity contribution in [2.45, 2.75) is 258 Å². The van der Waals surface area contributed by atoms with Crippen molar-refractivity contribution in [1.29, 1.82) is 0 Å². The van der Waals surface area contributed by atoms with Gasteiger partial charge in [-0.05, 0) is 70.6 Å². The summed E-state index contributed by atoms with van der Waals surface area (Å²) in [5, 5.41) is 0. The summed E-state index contributed by atoms with van der Waals surface area (Å²) >= 11 is 0. The molecule has 0 N–H and O–H groups in total. The van der Waals surface area contributed by atoms with Crippen molar-refractivity contribution in [3.8, 4) is 0 Å². The summed E-state index contributed by atoms with van der Waals surface area (Å²) in [6.45, 7) is 6.59. The van der Waals surface area contributed by atoms with Crippen LogP contribution in [0.1, 0.15) is 252 Å². The Balaban J connectivity index is 4.37.